The Balaban J connectivity index is 0.000000696. The van der Waals surface area contributed by atoms with E-state index >= 15 is 0 Å². The fourth-order valence-corrected chi connectivity index (χ4v) is 3.48. The zero-order valence-electron chi connectivity index (χ0n) is 18.2. The molecule has 3 aromatic rings. The van der Waals surface area contributed by atoms with E-state index in [1.165, 1.54) is 50.5 Å². The summed E-state index contributed by atoms with van der Waals surface area (Å²) in [5, 5.41) is 28.5. The second kappa shape index (κ2) is 11.2. The molecular weight excluding hydrogens is 450 g/mol. The second-order valence-corrected chi connectivity index (χ2v) is 8.50. The number of nitrogens with zero attached hydrogens (tertiary/aromatic N) is 2. The number of nitrogens with one attached hydrogen (secondary N) is 2. The maximum atomic E-state index is 12.6. The van der Waals surface area contributed by atoms with E-state index in [0.29, 0.717) is 0 Å². The molecule has 0 saturated carbocycles. The summed E-state index contributed by atoms with van der Waals surface area (Å²) >= 11 is 0. The summed E-state index contributed by atoms with van der Waals surface area (Å²) in [6, 6.07) is 9.25. The predicted octanol–water partition coefficient (Wildman–Crippen LogP) is -0.187. The number of nitriles is 1. The van der Waals surface area contributed by atoms with Crippen LogP contribution < -0.4 is 20.5 Å². The smallest absolute Gasteiger partial charge is 0.278 e. The number of carboxylic acid groups (broad SMARTS) is 1. The number of hydrogen-bond acceptors (Lipinski definition) is 8. The van der Waals surface area contributed by atoms with Crippen molar-refractivity contribution in [1.82, 2.24) is 9.88 Å². The Kier molecular flexibility index (Phi) is 8.63. The number of carbonyl (C=O) groups is 2. The fraction of sp³-hybridized carbons (Fsp3) is 0.238. The van der Waals surface area contributed by atoms with Crippen molar-refractivity contribution in [3.63, 3.8) is 0 Å². The normalized spacial score (nSPS) is 10.7. The molecule has 3 rings (SSSR count). The third-order valence-electron chi connectivity index (χ3n) is 4.43. The van der Waals surface area contributed by atoms with Gasteiger partial charge in [-0.05, 0) is 57.3 Å². The van der Waals surface area contributed by atoms with Crippen LogP contribution in [0.5, 0.6) is 0 Å². The number of hydrogen-bond donors (Lipinski definition) is 3. The molecule has 0 spiro atoms. The predicted molar refractivity (Wildman–Crippen MR) is 117 cm³/mol. The maximum absolute atomic E-state index is 12.6. The van der Waals surface area contributed by atoms with Gasteiger partial charge in [0.2, 0.25) is 10.0 Å². The van der Waals surface area contributed by atoms with Crippen molar-refractivity contribution in [2.45, 2.75) is 18.7 Å². The molecule has 1 heterocycles. The minimum absolute atomic E-state index is 0.0750. The van der Waals surface area contributed by atoms with Crippen molar-refractivity contribution >= 4 is 38.6 Å². The first-order valence-electron chi connectivity index (χ1n) is 9.89. The first kappa shape index (κ1) is 25.5. The van der Waals surface area contributed by atoms with Crippen LogP contribution in [0.25, 0.3) is 11.0 Å². The monoisotopic (exact) mass is 473 g/mol. The molecule has 0 aliphatic rings. The number of carbonyl (C=O) groups excluding carboxylic acids is 2. The molecule has 11 nitrogen and oxygen atoms in total. The Labute approximate surface area is 190 Å². The van der Waals surface area contributed by atoms with Crippen LogP contribution in [-0.2, 0) is 10.0 Å². The molecule has 0 radical (unpaired) electrons. The molecule has 4 N–H and O–H groups in total. The first-order valence-corrected chi connectivity index (χ1v) is 11.4. The minimum Gasteiger partial charge on any atom is -0.545 e. The van der Waals surface area contributed by atoms with Gasteiger partial charge >= 0.3 is 0 Å². The van der Waals surface area contributed by atoms with Gasteiger partial charge in [-0.3, -0.25) is 4.79 Å². The van der Waals surface area contributed by atoms with Crippen molar-refractivity contribution < 1.29 is 33.0 Å². The van der Waals surface area contributed by atoms with E-state index < -0.39 is 27.5 Å². The number of aromatic nitrogens is 1. The number of aromatic carboxylic acids is 1. The molecular formula is C21H23N5O6S. The summed E-state index contributed by atoms with van der Waals surface area (Å²) in [6.45, 7) is 6.75. The van der Waals surface area contributed by atoms with Crippen LogP contribution in [0.3, 0.4) is 0 Å². The molecule has 1 aromatic heterocycles. The SMILES string of the molecule is CC[NH2+]CC.CNS(=O)(=O)c1ccc2onc(C(=O)Nc3ccc(C#N)cc3C(=O)[O-])c2c1. The van der Waals surface area contributed by atoms with E-state index in [1.807, 2.05) is 0 Å². The van der Waals surface area contributed by atoms with Crippen molar-refractivity contribution in [2.75, 3.05) is 25.5 Å². The number of nitrogens with two attached hydrogens (primary N) is 1. The van der Waals surface area contributed by atoms with Crippen molar-refractivity contribution in [2.24, 2.45) is 0 Å². The molecule has 0 fully saturated rings. The molecule has 0 aliphatic heterocycles. The summed E-state index contributed by atoms with van der Waals surface area (Å²) in [5.74, 6) is -2.41. The van der Waals surface area contributed by atoms with Gasteiger partial charge in [-0.15, -0.1) is 0 Å². The molecule has 0 bridgehead atoms. The largest absolute Gasteiger partial charge is 0.545 e. The average molecular weight is 474 g/mol. The standard InChI is InChI=1S/C17H12N4O6S.C4H11N/c1-19-28(25,26)10-3-5-14-12(7-10)15(21-27-14)16(22)20-13-4-2-9(8-18)6-11(13)17(23)24;1-3-5-4-2/h2-7,19H,1H3,(H,20,22)(H,23,24);5H,3-4H2,1-2H3. The van der Waals surface area contributed by atoms with Crippen molar-refractivity contribution in [1.29, 1.82) is 5.26 Å². The fourth-order valence-electron chi connectivity index (χ4n) is 2.73. The number of carboxylic acids is 1. The zero-order valence-corrected chi connectivity index (χ0v) is 19.0. The highest BCUT2D eigenvalue weighted by atomic mass is 32.2. The summed E-state index contributed by atoms with van der Waals surface area (Å²) in [5.41, 5.74) is -0.499. The van der Waals surface area contributed by atoms with Gasteiger partial charge in [0.1, 0.15) is 0 Å². The maximum Gasteiger partial charge on any atom is 0.278 e. The second-order valence-electron chi connectivity index (χ2n) is 6.62. The van der Waals surface area contributed by atoms with Gasteiger partial charge < -0.3 is 25.1 Å². The molecule has 1 amide bonds. The van der Waals surface area contributed by atoms with Gasteiger partial charge in [-0.25, -0.2) is 13.1 Å². The van der Waals surface area contributed by atoms with E-state index in [9.17, 15) is 23.1 Å². The Bertz CT molecular complexity index is 1310. The topological polar surface area (TPSA) is 182 Å². The quantitative estimate of drug-likeness (QED) is 0.422. The zero-order chi connectivity index (χ0) is 24.6. The summed E-state index contributed by atoms with van der Waals surface area (Å²) < 4.78 is 31.1. The number of fused-ring (bicyclic) bond motifs is 1. The molecule has 174 valence electrons. The molecule has 0 atom stereocenters. The van der Waals surface area contributed by atoms with Crippen LogP contribution in [0, 0.1) is 11.3 Å². The van der Waals surface area contributed by atoms with Gasteiger partial charge in [0.25, 0.3) is 5.91 Å². The lowest BCUT2D eigenvalue weighted by molar-refractivity contribution is -0.648. The number of amides is 1. The van der Waals surface area contributed by atoms with E-state index in [-0.39, 0.29) is 32.8 Å². The van der Waals surface area contributed by atoms with Gasteiger partial charge in [0.15, 0.2) is 11.3 Å². The van der Waals surface area contributed by atoms with E-state index in [4.69, 9.17) is 9.78 Å². The van der Waals surface area contributed by atoms with E-state index in [0.717, 1.165) is 6.07 Å². The number of sulfonamides is 1. The van der Waals surface area contributed by atoms with Gasteiger partial charge in [0.05, 0.1) is 46.7 Å². The Morgan fingerprint density at radius 3 is 2.42 bits per heavy atom. The highest BCUT2D eigenvalue weighted by molar-refractivity contribution is 7.89. The van der Waals surface area contributed by atoms with Gasteiger partial charge in [-0.2, -0.15) is 5.26 Å². The van der Waals surface area contributed by atoms with E-state index in [1.54, 1.807) is 6.07 Å². The Morgan fingerprint density at radius 2 is 1.88 bits per heavy atom. The third kappa shape index (κ3) is 6.13. The number of rotatable bonds is 7. The van der Waals surface area contributed by atoms with Gasteiger partial charge in [0, 0.05) is 5.56 Å². The Morgan fingerprint density at radius 1 is 1.18 bits per heavy atom. The lowest BCUT2D eigenvalue weighted by atomic mass is 10.1. The third-order valence-corrected chi connectivity index (χ3v) is 5.84. The first-order chi connectivity index (χ1) is 15.7. The molecule has 12 heteroatoms. The van der Waals surface area contributed by atoms with Crippen LogP contribution in [-0.4, -0.2) is 45.6 Å². The molecule has 0 unspecified atom stereocenters. The average Bonchev–Trinajstić information content (AvgIpc) is 3.23. The molecule has 0 saturated heterocycles. The van der Waals surface area contributed by atoms with Crippen LogP contribution in [0.15, 0.2) is 45.8 Å². The van der Waals surface area contributed by atoms with Gasteiger partial charge in [-0.1, -0.05) is 5.16 Å². The Hall–Kier alpha value is -3.79. The summed E-state index contributed by atoms with van der Waals surface area (Å²) in [6.07, 6.45) is 0. The van der Waals surface area contributed by atoms with Crippen molar-refractivity contribution in [3.05, 3.63) is 53.2 Å². The lowest BCUT2D eigenvalue weighted by Crippen LogP contribution is -2.82. The molecule has 0 aliphatic carbocycles. The number of benzene rings is 2. The number of anilines is 1. The molecule has 2 aromatic carbocycles. The minimum atomic E-state index is -3.76. The highest BCUT2D eigenvalue weighted by Gasteiger charge is 2.21. The summed E-state index contributed by atoms with van der Waals surface area (Å²) in [7, 11) is -2.52. The molecule has 33 heavy (non-hydrogen) atoms. The number of quaternary nitrogens is 1. The van der Waals surface area contributed by atoms with Crippen LogP contribution in [0.2, 0.25) is 0 Å². The van der Waals surface area contributed by atoms with E-state index in [2.05, 4.69) is 34.4 Å². The van der Waals surface area contributed by atoms with Crippen molar-refractivity contribution in [3.8, 4) is 6.07 Å². The van der Waals surface area contributed by atoms with Crippen LogP contribution in [0.4, 0.5) is 5.69 Å². The lowest BCUT2D eigenvalue weighted by Gasteiger charge is -2.11. The van der Waals surface area contributed by atoms with Crippen LogP contribution in [0.1, 0.15) is 40.3 Å². The summed E-state index contributed by atoms with van der Waals surface area (Å²) in [4.78, 5) is 23.7. The highest BCUT2D eigenvalue weighted by Crippen LogP contribution is 2.24. The van der Waals surface area contributed by atoms with Crippen LogP contribution >= 0.6 is 0 Å².